The first-order valence-corrected chi connectivity index (χ1v) is 6.02. The molecule has 1 saturated carbocycles. The van der Waals surface area contributed by atoms with Gasteiger partial charge in [-0.15, -0.1) is 0 Å². The van der Waals surface area contributed by atoms with Gasteiger partial charge in [0.1, 0.15) is 0 Å². The topological polar surface area (TPSA) is 49.6 Å². The molecule has 1 aliphatic carbocycles. The van der Waals surface area contributed by atoms with E-state index in [2.05, 4.69) is 11.9 Å². The third-order valence-electron chi connectivity index (χ3n) is 3.58. The van der Waals surface area contributed by atoms with Crippen LogP contribution in [0.2, 0.25) is 0 Å². The smallest absolute Gasteiger partial charge is 0.237 e. The van der Waals surface area contributed by atoms with Gasteiger partial charge in [-0.25, -0.2) is 5.01 Å². The van der Waals surface area contributed by atoms with Crippen molar-refractivity contribution in [2.24, 2.45) is 5.73 Å². The maximum atomic E-state index is 11.9. The molecule has 2 N–H and O–H groups in total. The second-order valence-electron chi connectivity index (χ2n) is 4.67. The Morgan fingerprint density at radius 2 is 2.20 bits per heavy atom. The summed E-state index contributed by atoms with van der Waals surface area (Å²) in [5.74, 6) is 0.297. The molecule has 15 heavy (non-hydrogen) atoms. The third-order valence-corrected chi connectivity index (χ3v) is 3.58. The van der Waals surface area contributed by atoms with E-state index in [9.17, 15) is 4.79 Å². The average molecular weight is 211 g/mol. The van der Waals surface area contributed by atoms with Gasteiger partial charge in [0.2, 0.25) is 5.91 Å². The zero-order chi connectivity index (χ0) is 10.8. The van der Waals surface area contributed by atoms with Crippen molar-refractivity contribution in [3.05, 3.63) is 0 Å². The standard InChI is InChI=1S/C11H21N3O/c1-9(8-12)13-7-3-6-11(15)14(13)10-4-2-5-10/h9-10H,2-8,12H2,1H3. The predicted molar refractivity (Wildman–Crippen MR) is 58.9 cm³/mol. The lowest BCUT2D eigenvalue weighted by molar-refractivity contribution is -0.173. The minimum atomic E-state index is 0.287. The molecule has 1 saturated heterocycles. The maximum Gasteiger partial charge on any atom is 0.237 e. The van der Waals surface area contributed by atoms with E-state index in [1.807, 2.05) is 5.01 Å². The molecule has 1 amide bonds. The maximum absolute atomic E-state index is 11.9. The minimum absolute atomic E-state index is 0.287. The van der Waals surface area contributed by atoms with Crippen molar-refractivity contribution in [2.45, 2.75) is 51.1 Å². The molecule has 1 atom stereocenters. The third kappa shape index (κ3) is 2.01. The summed E-state index contributed by atoms with van der Waals surface area (Å²) in [4.78, 5) is 11.9. The lowest BCUT2D eigenvalue weighted by atomic mass is 9.91. The van der Waals surface area contributed by atoms with Crippen LogP contribution in [-0.2, 0) is 4.79 Å². The Morgan fingerprint density at radius 3 is 2.73 bits per heavy atom. The number of carbonyl (C=O) groups excluding carboxylic acids is 1. The van der Waals surface area contributed by atoms with Gasteiger partial charge in [-0.2, -0.15) is 0 Å². The van der Waals surface area contributed by atoms with Gasteiger partial charge in [-0.3, -0.25) is 9.80 Å². The second kappa shape index (κ2) is 4.49. The van der Waals surface area contributed by atoms with Gasteiger partial charge in [0.25, 0.3) is 0 Å². The van der Waals surface area contributed by atoms with Crippen LogP contribution in [0.4, 0.5) is 0 Å². The molecular weight excluding hydrogens is 190 g/mol. The van der Waals surface area contributed by atoms with E-state index in [1.54, 1.807) is 0 Å². The predicted octanol–water partition coefficient (Wildman–Crippen LogP) is 0.725. The molecular formula is C11H21N3O. The largest absolute Gasteiger partial charge is 0.329 e. The molecule has 2 fully saturated rings. The van der Waals surface area contributed by atoms with Crippen LogP contribution in [0.25, 0.3) is 0 Å². The summed E-state index contributed by atoms with van der Waals surface area (Å²) in [6, 6.07) is 0.752. The van der Waals surface area contributed by atoms with E-state index in [-0.39, 0.29) is 6.04 Å². The summed E-state index contributed by atoms with van der Waals surface area (Å²) < 4.78 is 0. The van der Waals surface area contributed by atoms with E-state index >= 15 is 0 Å². The van der Waals surface area contributed by atoms with Gasteiger partial charge >= 0.3 is 0 Å². The van der Waals surface area contributed by atoms with Crippen LogP contribution in [-0.4, -0.2) is 41.1 Å². The summed E-state index contributed by atoms with van der Waals surface area (Å²) in [5, 5.41) is 4.19. The van der Waals surface area contributed by atoms with Crippen LogP contribution < -0.4 is 5.73 Å². The van der Waals surface area contributed by atoms with Crippen LogP contribution in [0.3, 0.4) is 0 Å². The molecule has 0 bridgehead atoms. The fourth-order valence-electron chi connectivity index (χ4n) is 2.36. The highest BCUT2D eigenvalue weighted by Gasteiger charge is 2.36. The molecule has 0 aromatic rings. The Labute approximate surface area is 91.4 Å². The molecule has 0 aromatic heterocycles. The molecule has 1 aliphatic heterocycles. The molecule has 4 nitrogen and oxygen atoms in total. The highest BCUT2D eigenvalue weighted by atomic mass is 16.2. The molecule has 1 heterocycles. The number of rotatable bonds is 3. The van der Waals surface area contributed by atoms with Gasteiger partial charge in [-0.1, -0.05) is 0 Å². The van der Waals surface area contributed by atoms with Crippen LogP contribution in [0, 0.1) is 0 Å². The van der Waals surface area contributed by atoms with E-state index < -0.39 is 0 Å². The second-order valence-corrected chi connectivity index (χ2v) is 4.67. The Hall–Kier alpha value is -0.610. The van der Waals surface area contributed by atoms with Crippen molar-refractivity contribution >= 4 is 5.91 Å². The van der Waals surface area contributed by atoms with Crippen molar-refractivity contribution in [3.63, 3.8) is 0 Å². The number of carbonyl (C=O) groups is 1. The Balaban J connectivity index is 2.07. The van der Waals surface area contributed by atoms with E-state index in [0.29, 0.717) is 24.9 Å². The highest BCUT2D eigenvalue weighted by Crippen LogP contribution is 2.29. The van der Waals surface area contributed by atoms with Crippen LogP contribution >= 0.6 is 0 Å². The first-order valence-electron chi connectivity index (χ1n) is 6.02. The van der Waals surface area contributed by atoms with Crippen LogP contribution in [0.5, 0.6) is 0 Å². The number of amides is 1. The van der Waals surface area contributed by atoms with Crippen molar-refractivity contribution in [3.8, 4) is 0 Å². The Morgan fingerprint density at radius 1 is 1.47 bits per heavy atom. The first-order chi connectivity index (χ1) is 7.24. The van der Waals surface area contributed by atoms with Gasteiger partial charge in [0.15, 0.2) is 0 Å². The average Bonchev–Trinajstić information content (AvgIpc) is 2.17. The van der Waals surface area contributed by atoms with Gasteiger partial charge in [-0.05, 0) is 32.6 Å². The zero-order valence-corrected chi connectivity index (χ0v) is 9.48. The zero-order valence-electron chi connectivity index (χ0n) is 9.48. The van der Waals surface area contributed by atoms with E-state index in [4.69, 9.17) is 5.73 Å². The molecule has 4 heteroatoms. The number of nitrogens with two attached hydrogens (primary N) is 1. The molecule has 1 unspecified atom stereocenters. The molecule has 86 valence electrons. The normalized spacial score (nSPS) is 26.5. The number of hydrogen-bond acceptors (Lipinski definition) is 3. The lowest BCUT2D eigenvalue weighted by Gasteiger charge is -2.48. The lowest BCUT2D eigenvalue weighted by Crippen LogP contribution is -2.61. The molecule has 2 rings (SSSR count). The molecule has 0 spiro atoms. The molecule has 0 aromatic carbocycles. The highest BCUT2D eigenvalue weighted by molar-refractivity contribution is 5.76. The fraction of sp³-hybridized carbons (Fsp3) is 0.909. The van der Waals surface area contributed by atoms with Gasteiger partial charge in [0, 0.05) is 31.6 Å². The summed E-state index contributed by atoms with van der Waals surface area (Å²) in [7, 11) is 0. The molecule has 0 radical (unpaired) electrons. The summed E-state index contributed by atoms with van der Waals surface area (Å²) in [6.07, 6.45) is 5.29. The number of hydrazine groups is 1. The van der Waals surface area contributed by atoms with E-state index in [0.717, 1.165) is 13.0 Å². The fourth-order valence-corrected chi connectivity index (χ4v) is 2.36. The monoisotopic (exact) mass is 211 g/mol. The van der Waals surface area contributed by atoms with E-state index in [1.165, 1.54) is 19.3 Å². The quantitative estimate of drug-likeness (QED) is 0.748. The van der Waals surface area contributed by atoms with Crippen molar-refractivity contribution < 1.29 is 4.79 Å². The van der Waals surface area contributed by atoms with Crippen molar-refractivity contribution in [1.82, 2.24) is 10.0 Å². The van der Waals surface area contributed by atoms with Crippen molar-refractivity contribution in [1.29, 1.82) is 0 Å². The molecule has 2 aliphatic rings. The summed E-state index contributed by atoms with van der Waals surface area (Å²) >= 11 is 0. The number of nitrogens with zero attached hydrogens (tertiary/aromatic N) is 2. The minimum Gasteiger partial charge on any atom is -0.329 e. The summed E-state index contributed by atoms with van der Waals surface area (Å²) in [6.45, 7) is 3.71. The SMILES string of the molecule is CC(CN)N1CCCC(=O)N1C1CCC1. The first kappa shape index (κ1) is 10.9. The van der Waals surface area contributed by atoms with Crippen LogP contribution in [0.15, 0.2) is 0 Å². The number of hydrogen-bond donors (Lipinski definition) is 1. The Bertz CT molecular complexity index is 240. The Kier molecular flexibility index (Phi) is 3.26. The summed E-state index contributed by atoms with van der Waals surface area (Å²) in [5.41, 5.74) is 5.69. The van der Waals surface area contributed by atoms with Crippen LogP contribution in [0.1, 0.15) is 39.0 Å². The van der Waals surface area contributed by atoms with Crippen molar-refractivity contribution in [2.75, 3.05) is 13.1 Å². The van der Waals surface area contributed by atoms with Gasteiger partial charge < -0.3 is 5.73 Å². The van der Waals surface area contributed by atoms with Gasteiger partial charge in [0.05, 0.1) is 0 Å².